The Bertz CT molecular complexity index is 1920. The van der Waals surface area contributed by atoms with Gasteiger partial charge in [-0.1, -0.05) is 51.0 Å². The fourth-order valence-corrected chi connectivity index (χ4v) is 7.14. The molecule has 0 bridgehead atoms. The number of unbranched alkanes of at least 4 members (excludes halogenated alkanes) is 4. The highest BCUT2D eigenvalue weighted by molar-refractivity contribution is 6.09. The fraction of sp³-hybridized carbons (Fsp3) is 0.417. The van der Waals surface area contributed by atoms with E-state index in [1.807, 2.05) is 107 Å². The molecular formula is C48H56N2O6. The third kappa shape index (κ3) is 10.7. The van der Waals surface area contributed by atoms with Gasteiger partial charge in [0.25, 0.3) is 11.8 Å². The normalized spacial score (nSPS) is 15.8. The van der Waals surface area contributed by atoms with Crippen LogP contribution in [0.25, 0.3) is 21.5 Å². The minimum atomic E-state index is -0.0413. The number of benzene rings is 5. The SMILES string of the molecule is CCCCN(C(=O)c1ccc2cc(OCCCCC3CO3)ccc2c1)c1ccc(N(CCCC)C(=O)c2ccc3cc(OCCCCC4CO4)ccc3c2)cc1. The summed E-state index contributed by atoms with van der Waals surface area (Å²) in [7, 11) is 0. The van der Waals surface area contributed by atoms with Crippen molar-refractivity contribution < 1.29 is 28.5 Å². The van der Waals surface area contributed by atoms with Crippen molar-refractivity contribution >= 4 is 44.7 Å². The maximum Gasteiger partial charge on any atom is 0.258 e. The van der Waals surface area contributed by atoms with Crippen molar-refractivity contribution in [2.45, 2.75) is 90.3 Å². The van der Waals surface area contributed by atoms with Gasteiger partial charge in [-0.2, -0.15) is 0 Å². The summed E-state index contributed by atoms with van der Waals surface area (Å²) in [5, 5.41) is 4.08. The molecule has 2 aliphatic heterocycles. The summed E-state index contributed by atoms with van der Waals surface area (Å²) in [5.41, 5.74) is 2.91. The zero-order valence-electron chi connectivity index (χ0n) is 33.0. The monoisotopic (exact) mass is 756 g/mol. The Kier molecular flexibility index (Phi) is 13.5. The molecule has 2 amide bonds. The van der Waals surface area contributed by atoms with E-state index in [1.165, 1.54) is 0 Å². The number of nitrogens with zero attached hydrogens (tertiary/aromatic N) is 2. The molecule has 0 spiro atoms. The lowest BCUT2D eigenvalue weighted by atomic mass is 10.0. The van der Waals surface area contributed by atoms with Crippen molar-refractivity contribution in [3.63, 3.8) is 0 Å². The smallest absolute Gasteiger partial charge is 0.258 e. The Hall–Kier alpha value is -4.92. The number of ether oxygens (including phenoxy) is 4. The molecule has 2 aliphatic rings. The fourth-order valence-electron chi connectivity index (χ4n) is 7.14. The summed E-state index contributed by atoms with van der Waals surface area (Å²) in [4.78, 5) is 32.0. The predicted molar refractivity (Wildman–Crippen MR) is 226 cm³/mol. The molecule has 56 heavy (non-hydrogen) atoms. The van der Waals surface area contributed by atoms with Crippen LogP contribution < -0.4 is 19.3 Å². The third-order valence-corrected chi connectivity index (χ3v) is 10.7. The lowest BCUT2D eigenvalue weighted by Gasteiger charge is -2.26. The second kappa shape index (κ2) is 19.3. The van der Waals surface area contributed by atoms with E-state index in [2.05, 4.69) is 13.8 Å². The summed E-state index contributed by atoms with van der Waals surface area (Å²) in [5.74, 6) is 1.61. The number of amides is 2. The van der Waals surface area contributed by atoms with Gasteiger partial charge >= 0.3 is 0 Å². The first-order valence-electron chi connectivity index (χ1n) is 20.8. The van der Waals surface area contributed by atoms with Crippen LogP contribution in [-0.4, -0.2) is 63.5 Å². The standard InChI is InChI=1S/C48H56N2O6/c1-3-5-25-49(47(51)39-15-13-37-31-43(23-17-35(37)29-39)53-27-9-7-11-45-33-55-45)41-19-21-42(22-20-41)50(26-6-4-2)48(52)40-16-14-38-32-44(24-18-36(38)30-40)54-28-10-8-12-46-34-56-46/h13-24,29-32,45-46H,3-12,25-28,33-34H2,1-2H3. The van der Waals surface area contributed by atoms with Crippen LogP contribution in [0.1, 0.15) is 98.8 Å². The van der Waals surface area contributed by atoms with Crippen molar-refractivity contribution in [1.29, 1.82) is 0 Å². The Morgan fingerprint density at radius 3 is 1.32 bits per heavy atom. The molecule has 2 fully saturated rings. The molecule has 5 aromatic carbocycles. The van der Waals surface area contributed by atoms with Gasteiger partial charge in [0.05, 0.1) is 38.6 Å². The third-order valence-electron chi connectivity index (χ3n) is 10.7. The Labute approximate surface area is 331 Å². The molecule has 2 atom stereocenters. The number of rotatable bonds is 22. The quantitative estimate of drug-likeness (QED) is 0.0516. The maximum atomic E-state index is 14.1. The van der Waals surface area contributed by atoms with Gasteiger partial charge in [-0.25, -0.2) is 0 Å². The van der Waals surface area contributed by atoms with E-state index in [4.69, 9.17) is 18.9 Å². The highest BCUT2D eigenvalue weighted by Gasteiger charge is 2.23. The van der Waals surface area contributed by atoms with Crippen LogP contribution in [0.4, 0.5) is 11.4 Å². The molecule has 0 N–H and O–H groups in total. The molecular weight excluding hydrogens is 701 g/mol. The van der Waals surface area contributed by atoms with Crippen molar-refractivity contribution in [3.8, 4) is 11.5 Å². The number of carbonyl (C=O) groups is 2. The van der Waals surface area contributed by atoms with Gasteiger partial charge in [-0.3, -0.25) is 9.59 Å². The van der Waals surface area contributed by atoms with Crippen molar-refractivity contribution in [2.75, 3.05) is 49.3 Å². The van der Waals surface area contributed by atoms with E-state index in [0.29, 0.717) is 49.6 Å². The van der Waals surface area contributed by atoms with E-state index in [1.54, 1.807) is 0 Å². The summed E-state index contributed by atoms with van der Waals surface area (Å²) in [6.45, 7) is 8.65. The minimum absolute atomic E-state index is 0.0413. The first-order valence-corrected chi connectivity index (χ1v) is 20.8. The highest BCUT2D eigenvalue weighted by atomic mass is 16.6. The largest absolute Gasteiger partial charge is 0.494 e. The van der Waals surface area contributed by atoms with Crippen LogP contribution in [0, 0.1) is 0 Å². The number of epoxide rings is 2. The molecule has 2 heterocycles. The Morgan fingerprint density at radius 1 is 0.536 bits per heavy atom. The summed E-state index contributed by atoms with van der Waals surface area (Å²) >= 11 is 0. The number of anilines is 2. The first-order chi connectivity index (χ1) is 27.5. The Balaban J connectivity index is 1.02. The van der Waals surface area contributed by atoms with Gasteiger partial charge in [0.2, 0.25) is 0 Å². The molecule has 8 heteroatoms. The van der Waals surface area contributed by atoms with Crippen molar-refractivity contribution in [2.24, 2.45) is 0 Å². The topological polar surface area (TPSA) is 84.1 Å². The molecule has 0 radical (unpaired) electrons. The van der Waals surface area contributed by atoms with Crippen LogP contribution in [0.5, 0.6) is 11.5 Å². The van der Waals surface area contributed by atoms with Gasteiger partial charge in [0, 0.05) is 35.6 Å². The van der Waals surface area contributed by atoms with Gasteiger partial charge < -0.3 is 28.7 Å². The van der Waals surface area contributed by atoms with Crippen molar-refractivity contribution in [1.82, 2.24) is 0 Å². The summed E-state index contributed by atoms with van der Waals surface area (Å²) in [6, 6.07) is 31.8. The summed E-state index contributed by atoms with van der Waals surface area (Å²) < 4.78 is 22.6. The minimum Gasteiger partial charge on any atom is -0.494 e. The zero-order valence-corrected chi connectivity index (χ0v) is 33.0. The van der Waals surface area contributed by atoms with E-state index in [-0.39, 0.29) is 11.8 Å². The average molecular weight is 757 g/mol. The van der Waals surface area contributed by atoms with Gasteiger partial charge in [-0.15, -0.1) is 0 Å². The lowest BCUT2D eigenvalue weighted by molar-refractivity contribution is 0.0978. The number of hydrogen-bond acceptors (Lipinski definition) is 6. The molecule has 7 rings (SSSR count). The number of fused-ring (bicyclic) bond motifs is 2. The number of carbonyl (C=O) groups excluding carboxylic acids is 2. The van der Waals surface area contributed by atoms with E-state index < -0.39 is 0 Å². The molecule has 5 aromatic rings. The molecule has 0 saturated carbocycles. The van der Waals surface area contributed by atoms with Crippen molar-refractivity contribution in [3.05, 3.63) is 108 Å². The van der Waals surface area contributed by atoms with Gasteiger partial charge in [0.1, 0.15) is 11.5 Å². The van der Waals surface area contributed by atoms with E-state index in [0.717, 1.165) is 122 Å². The van der Waals surface area contributed by atoms with Gasteiger partial charge in [-0.05, 0) is 146 Å². The van der Waals surface area contributed by atoms with Crippen LogP contribution in [0.15, 0.2) is 97.1 Å². The highest BCUT2D eigenvalue weighted by Crippen LogP contribution is 2.29. The summed E-state index contributed by atoms with van der Waals surface area (Å²) in [6.07, 6.45) is 11.1. The predicted octanol–water partition coefficient (Wildman–Crippen LogP) is 10.8. The van der Waals surface area contributed by atoms with E-state index in [9.17, 15) is 9.59 Å². The van der Waals surface area contributed by atoms with Crippen LogP contribution in [0.2, 0.25) is 0 Å². The second-order valence-corrected chi connectivity index (χ2v) is 15.2. The lowest BCUT2D eigenvalue weighted by Crippen LogP contribution is -2.33. The first kappa shape index (κ1) is 39.3. The molecule has 8 nitrogen and oxygen atoms in total. The van der Waals surface area contributed by atoms with Crippen LogP contribution in [0.3, 0.4) is 0 Å². The average Bonchev–Trinajstić information content (AvgIpc) is 4.18. The Morgan fingerprint density at radius 2 is 0.929 bits per heavy atom. The molecule has 0 aliphatic carbocycles. The maximum absolute atomic E-state index is 14.1. The van der Waals surface area contributed by atoms with E-state index >= 15 is 0 Å². The van der Waals surface area contributed by atoms with Gasteiger partial charge in [0.15, 0.2) is 0 Å². The second-order valence-electron chi connectivity index (χ2n) is 15.2. The number of hydrogen-bond donors (Lipinski definition) is 0. The molecule has 0 aromatic heterocycles. The molecule has 2 unspecified atom stereocenters. The van der Waals surface area contributed by atoms with Crippen LogP contribution >= 0.6 is 0 Å². The van der Waals surface area contributed by atoms with Crippen LogP contribution in [-0.2, 0) is 9.47 Å². The molecule has 294 valence electrons. The molecule has 2 saturated heterocycles. The zero-order chi connectivity index (χ0) is 38.7.